The molecule has 0 fully saturated rings. The largest absolute Gasteiger partial charge is 0.345 e. The van der Waals surface area contributed by atoms with E-state index in [9.17, 15) is 9.18 Å². The van der Waals surface area contributed by atoms with E-state index in [1.807, 2.05) is 36.7 Å². The van der Waals surface area contributed by atoms with E-state index in [0.29, 0.717) is 13.1 Å². The maximum absolute atomic E-state index is 12.9. The standard InChI is InChI=1S/C16H20FN3O/c1-12(2)19-16(21)18-10-15-4-3-9-20(15)11-13-5-7-14(17)8-6-13/h3-9,12H,10-11H2,1-2H3,(H2,18,19,21). The van der Waals surface area contributed by atoms with Crippen LogP contribution in [0.4, 0.5) is 9.18 Å². The second-order valence-corrected chi connectivity index (χ2v) is 5.24. The van der Waals surface area contributed by atoms with Gasteiger partial charge in [-0.1, -0.05) is 12.1 Å². The van der Waals surface area contributed by atoms with Gasteiger partial charge in [0.1, 0.15) is 5.82 Å². The molecular formula is C16H20FN3O. The Morgan fingerprint density at radius 2 is 1.95 bits per heavy atom. The van der Waals surface area contributed by atoms with Crippen LogP contribution in [0.15, 0.2) is 42.6 Å². The summed E-state index contributed by atoms with van der Waals surface area (Å²) in [6.07, 6.45) is 1.95. The van der Waals surface area contributed by atoms with Gasteiger partial charge in [-0.15, -0.1) is 0 Å². The minimum Gasteiger partial charge on any atom is -0.345 e. The van der Waals surface area contributed by atoms with Crippen molar-refractivity contribution >= 4 is 6.03 Å². The molecule has 2 rings (SSSR count). The Morgan fingerprint density at radius 3 is 2.62 bits per heavy atom. The van der Waals surface area contributed by atoms with E-state index in [1.165, 1.54) is 12.1 Å². The molecule has 0 atom stereocenters. The molecule has 0 unspecified atom stereocenters. The van der Waals surface area contributed by atoms with Gasteiger partial charge in [0.25, 0.3) is 0 Å². The van der Waals surface area contributed by atoms with Crippen LogP contribution in [-0.4, -0.2) is 16.6 Å². The van der Waals surface area contributed by atoms with Crippen molar-refractivity contribution in [3.8, 4) is 0 Å². The van der Waals surface area contributed by atoms with Gasteiger partial charge in [-0.2, -0.15) is 0 Å². The molecule has 112 valence electrons. The summed E-state index contributed by atoms with van der Waals surface area (Å²) >= 11 is 0. The van der Waals surface area contributed by atoms with E-state index in [4.69, 9.17) is 0 Å². The number of urea groups is 1. The van der Waals surface area contributed by atoms with Gasteiger partial charge in [0, 0.05) is 24.5 Å². The Balaban J connectivity index is 1.95. The topological polar surface area (TPSA) is 46.1 Å². The van der Waals surface area contributed by atoms with Gasteiger partial charge in [0.15, 0.2) is 0 Å². The molecule has 0 spiro atoms. The number of carbonyl (C=O) groups excluding carboxylic acids is 1. The fourth-order valence-electron chi connectivity index (χ4n) is 2.03. The average Bonchev–Trinajstić information content (AvgIpc) is 2.86. The number of hydrogen-bond acceptors (Lipinski definition) is 1. The minimum atomic E-state index is -0.237. The third-order valence-electron chi connectivity index (χ3n) is 3.04. The van der Waals surface area contributed by atoms with Crippen LogP contribution < -0.4 is 10.6 Å². The summed E-state index contributed by atoms with van der Waals surface area (Å²) in [5.74, 6) is -0.237. The van der Waals surface area contributed by atoms with Crippen molar-refractivity contribution in [1.29, 1.82) is 0 Å². The summed E-state index contributed by atoms with van der Waals surface area (Å²) in [4.78, 5) is 11.6. The molecular weight excluding hydrogens is 269 g/mol. The van der Waals surface area contributed by atoms with Gasteiger partial charge in [-0.3, -0.25) is 0 Å². The lowest BCUT2D eigenvalue weighted by molar-refractivity contribution is 0.238. The van der Waals surface area contributed by atoms with Gasteiger partial charge in [0.2, 0.25) is 0 Å². The van der Waals surface area contributed by atoms with Crippen LogP contribution in [0, 0.1) is 5.82 Å². The third-order valence-corrected chi connectivity index (χ3v) is 3.04. The van der Waals surface area contributed by atoms with Crippen molar-refractivity contribution in [2.45, 2.75) is 33.0 Å². The van der Waals surface area contributed by atoms with Crippen LogP contribution in [0.3, 0.4) is 0 Å². The Hall–Kier alpha value is -2.30. The van der Waals surface area contributed by atoms with Gasteiger partial charge >= 0.3 is 6.03 Å². The van der Waals surface area contributed by atoms with E-state index in [1.54, 1.807) is 12.1 Å². The van der Waals surface area contributed by atoms with Crippen LogP contribution in [0.1, 0.15) is 25.1 Å². The van der Waals surface area contributed by atoms with E-state index in [-0.39, 0.29) is 17.9 Å². The molecule has 2 amide bonds. The normalized spacial score (nSPS) is 10.7. The SMILES string of the molecule is CC(C)NC(=O)NCc1cccn1Cc1ccc(F)cc1. The Morgan fingerprint density at radius 1 is 1.24 bits per heavy atom. The number of aromatic nitrogens is 1. The first kappa shape index (κ1) is 15.1. The first-order valence-electron chi connectivity index (χ1n) is 6.97. The van der Waals surface area contributed by atoms with Crippen LogP contribution in [-0.2, 0) is 13.1 Å². The van der Waals surface area contributed by atoms with Crippen LogP contribution in [0.2, 0.25) is 0 Å². The van der Waals surface area contributed by atoms with Gasteiger partial charge < -0.3 is 15.2 Å². The van der Waals surface area contributed by atoms with Gasteiger partial charge in [-0.05, 0) is 43.7 Å². The summed E-state index contributed by atoms with van der Waals surface area (Å²) in [5, 5.41) is 5.60. The molecule has 21 heavy (non-hydrogen) atoms. The molecule has 0 saturated heterocycles. The first-order chi connectivity index (χ1) is 10.0. The number of carbonyl (C=O) groups is 1. The highest BCUT2D eigenvalue weighted by Crippen LogP contribution is 2.09. The summed E-state index contributed by atoms with van der Waals surface area (Å²) in [6.45, 7) is 4.93. The molecule has 0 aliphatic rings. The summed E-state index contributed by atoms with van der Waals surface area (Å²) in [6, 6.07) is 10.2. The van der Waals surface area contributed by atoms with Crippen LogP contribution in [0.25, 0.3) is 0 Å². The predicted octanol–water partition coefficient (Wildman–Crippen LogP) is 2.88. The lowest BCUT2D eigenvalue weighted by Crippen LogP contribution is -2.39. The smallest absolute Gasteiger partial charge is 0.315 e. The second kappa shape index (κ2) is 6.92. The minimum absolute atomic E-state index is 0.107. The highest BCUT2D eigenvalue weighted by atomic mass is 19.1. The second-order valence-electron chi connectivity index (χ2n) is 5.24. The van der Waals surface area contributed by atoms with E-state index < -0.39 is 0 Å². The van der Waals surface area contributed by atoms with Crippen LogP contribution in [0.5, 0.6) is 0 Å². The lowest BCUT2D eigenvalue weighted by atomic mass is 10.2. The third kappa shape index (κ3) is 4.63. The first-order valence-corrected chi connectivity index (χ1v) is 6.97. The maximum atomic E-state index is 12.9. The fourth-order valence-corrected chi connectivity index (χ4v) is 2.03. The number of benzene rings is 1. The Labute approximate surface area is 124 Å². The highest BCUT2D eigenvalue weighted by Gasteiger charge is 2.05. The number of amides is 2. The molecule has 4 nitrogen and oxygen atoms in total. The molecule has 2 aromatic rings. The zero-order chi connectivity index (χ0) is 15.2. The Bertz CT molecular complexity index is 590. The monoisotopic (exact) mass is 289 g/mol. The number of halogens is 1. The van der Waals surface area contributed by atoms with Crippen molar-refractivity contribution in [1.82, 2.24) is 15.2 Å². The number of nitrogens with zero attached hydrogens (tertiary/aromatic N) is 1. The summed E-state index contributed by atoms with van der Waals surface area (Å²) in [7, 11) is 0. The van der Waals surface area contributed by atoms with Crippen molar-refractivity contribution in [2.75, 3.05) is 0 Å². The molecule has 2 N–H and O–H groups in total. The Kier molecular flexibility index (Phi) is 4.98. The summed E-state index contributed by atoms with van der Waals surface area (Å²) in [5.41, 5.74) is 2.01. The predicted molar refractivity (Wildman–Crippen MR) is 80.4 cm³/mol. The van der Waals surface area contributed by atoms with Gasteiger partial charge in [0.05, 0.1) is 6.54 Å². The van der Waals surface area contributed by atoms with Crippen molar-refractivity contribution in [2.24, 2.45) is 0 Å². The maximum Gasteiger partial charge on any atom is 0.315 e. The van der Waals surface area contributed by atoms with E-state index in [0.717, 1.165) is 11.3 Å². The zero-order valence-corrected chi connectivity index (χ0v) is 12.3. The lowest BCUT2D eigenvalue weighted by Gasteiger charge is -2.12. The molecule has 0 bridgehead atoms. The van der Waals surface area contributed by atoms with Crippen molar-refractivity contribution in [3.63, 3.8) is 0 Å². The molecule has 5 heteroatoms. The number of hydrogen-bond donors (Lipinski definition) is 2. The molecule has 0 radical (unpaired) electrons. The summed E-state index contributed by atoms with van der Waals surface area (Å²) < 4.78 is 14.9. The zero-order valence-electron chi connectivity index (χ0n) is 12.3. The van der Waals surface area contributed by atoms with Crippen LogP contribution >= 0.6 is 0 Å². The average molecular weight is 289 g/mol. The van der Waals surface area contributed by atoms with E-state index in [2.05, 4.69) is 10.6 Å². The molecule has 1 aromatic heterocycles. The molecule has 0 saturated carbocycles. The van der Waals surface area contributed by atoms with Crippen molar-refractivity contribution < 1.29 is 9.18 Å². The number of rotatable bonds is 5. The van der Waals surface area contributed by atoms with Crippen molar-refractivity contribution in [3.05, 3.63) is 59.7 Å². The molecule has 0 aliphatic carbocycles. The molecule has 0 aliphatic heterocycles. The fraction of sp³-hybridized carbons (Fsp3) is 0.312. The van der Waals surface area contributed by atoms with Gasteiger partial charge in [-0.25, -0.2) is 9.18 Å². The number of nitrogens with one attached hydrogen (secondary N) is 2. The van der Waals surface area contributed by atoms with E-state index >= 15 is 0 Å². The highest BCUT2D eigenvalue weighted by molar-refractivity contribution is 5.74. The molecule has 1 heterocycles. The molecule has 1 aromatic carbocycles. The quantitative estimate of drug-likeness (QED) is 0.873.